The van der Waals surface area contributed by atoms with E-state index in [4.69, 9.17) is 8.94 Å². The highest BCUT2D eigenvalue weighted by Gasteiger charge is 2.19. The van der Waals surface area contributed by atoms with E-state index in [1.807, 2.05) is 54.4 Å². The van der Waals surface area contributed by atoms with Crippen LogP contribution >= 0.6 is 0 Å². The summed E-state index contributed by atoms with van der Waals surface area (Å²) < 4.78 is 11.0. The van der Waals surface area contributed by atoms with Crippen molar-refractivity contribution < 1.29 is 8.94 Å². The Morgan fingerprint density at radius 2 is 1.93 bits per heavy atom. The van der Waals surface area contributed by atoms with Crippen molar-refractivity contribution in [2.45, 2.75) is 13.3 Å². The Hall–Kier alpha value is -3.66. The van der Waals surface area contributed by atoms with Gasteiger partial charge in [-0.2, -0.15) is 15.2 Å². The summed E-state index contributed by atoms with van der Waals surface area (Å²) in [6.07, 6.45) is 0.572. The molecule has 0 saturated heterocycles. The summed E-state index contributed by atoms with van der Waals surface area (Å²) in [4.78, 5) is 10.4. The van der Waals surface area contributed by atoms with Crippen molar-refractivity contribution in [1.82, 2.24) is 15.1 Å². The Bertz CT molecular complexity index is 1130. The van der Waals surface area contributed by atoms with Crippen LogP contribution in [0, 0.1) is 18.3 Å². The first-order valence-corrected chi connectivity index (χ1v) is 8.55. The van der Waals surface area contributed by atoms with E-state index in [0.29, 0.717) is 36.5 Å². The molecule has 0 atom stereocenters. The minimum Gasteiger partial charge on any atom is -0.419 e. The summed E-state index contributed by atoms with van der Waals surface area (Å²) >= 11 is 0. The largest absolute Gasteiger partial charge is 0.419 e. The lowest BCUT2D eigenvalue weighted by Gasteiger charge is -2.14. The van der Waals surface area contributed by atoms with Crippen LogP contribution < -0.4 is 4.90 Å². The predicted molar refractivity (Wildman–Crippen MR) is 100 cm³/mol. The van der Waals surface area contributed by atoms with E-state index in [-0.39, 0.29) is 5.69 Å². The minimum absolute atomic E-state index is 0.254. The molecular weight excluding hydrogens is 342 g/mol. The van der Waals surface area contributed by atoms with Gasteiger partial charge in [-0.15, -0.1) is 0 Å². The number of rotatable bonds is 5. The molecule has 0 fully saturated rings. The van der Waals surface area contributed by atoms with E-state index in [9.17, 15) is 5.26 Å². The fraction of sp³-hybridized carbons (Fsp3) is 0.200. The van der Waals surface area contributed by atoms with Gasteiger partial charge in [0.05, 0.1) is 0 Å². The molecule has 4 rings (SSSR count). The number of fused-ring (bicyclic) bond motifs is 1. The first kappa shape index (κ1) is 16.8. The Morgan fingerprint density at radius 1 is 1.11 bits per heavy atom. The van der Waals surface area contributed by atoms with E-state index >= 15 is 0 Å². The molecule has 134 valence electrons. The number of nitrogens with zero attached hydrogens (tertiary/aromatic N) is 5. The molecule has 2 aromatic carbocycles. The van der Waals surface area contributed by atoms with E-state index in [1.165, 1.54) is 0 Å². The van der Waals surface area contributed by atoms with Crippen LogP contribution in [0.25, 0.3) is 22.2 Å². The van der Waals surface area contributed by atoms with Gasteiger partial charge in [0, 0.05) is 32.5 Å². The van der Waals surface area contributed by atoms with Crippen LogP contribution in [0.1, 0.15) is 17.4 Å². The Kier molecular flexibility index (Phi) is 4.30. The van der Waals surface area contributed by atoms with Gasteiger partial charge < -0.3 is 13.8 Å². The second-order valence-electron chi connectivity index (χ2n) is 6.21. The number of oxazole rings is 1. The number of hydrogen-bond acceptors (Lipinski definition) is 7. The molecule has 0 aliphatic heterocycles. The summed E-state index contributed by atoms with van der Waals surface area (Å²) in [5.74, 6) is 2.01. The van der Waals surface area contributed by atoms with E-state index in [0.717, 1.165) is 16.3 Å². The van der Waals surface area contributed by atoms with Gasteiger partial charge in [0.1, 0.15) is 6.07 Å². The molecule has 0 N–H and O–H groups in total. The van der Waals surface area contributed by atoms with E-state index in [1.54, 1.807) is 6.92 Å². The topological polar surface area (TPSA) is 92.0 Å². The second-order valence-corrected chi connectivity index (χ2v) is 6.21. The van der Waals surface area contributed by atoms with Crippen molar-refractivity contribution in [3.8, 4) is 17.5 Å². The molecule has 0 saturated carbocycles. The van der Waals surface area contributed by atoms with E-state index < -0.39 is 0 Å². The zero-order valence-corrected chi connectivity index (χ0v) is 15.0. The SMILES string of the molecule is Cc1nc(CCN(C)c2oc(-c3cccc4ccccc34)nc2C#N)no1. The van der Waals surface area contributed by atoms with Crippen molar-refractivity contribution in [3.63, 3.8) is 0 Å². The Morgan fingerprint density at radius 3 is 2.70 bits per heavy atom. The summed E-state index contributed by atoms with van der Waals surface area (Å²) in [7, 11) is 1.85. The lowest BCUT2D eigenvalue weighted by molar-refractivity contribution is 0.387. The third-order valence-corrected chi connectivity index (χ3v) is 4.32. The number of aromatic nitrogens is 3. The molecule has 7 nitrogen and oxygen atoms in total. The van der Waals surface area contributed by atoms with Gasteiger partial charge in [-0.3, -0.25) is 0 Å². The van der Waals surface area contributed by atoms with Gasteiger partial charge in [0.2, 0.25) is 23.4 Å². The van der Waals surface area contributed by atoms with Gasteiger partial charge in [0.15, 0.2) is 5.82 Å². The summed E-state index contributed by atoms with van der Waals surface area (Å²) in [5.41, 5.74) is 1.11. The molecule has 0 spiro atoms. The van der Waals surface area contributed by atoms with Crippen LogP contribution in [-0.4, -0.2) is 28.7 Å². The van der Waals surface area contributed by atoms with Crippen molar-refractivity contribution in [3.05, 3.63) is 59.9 Å². The van der Waals surface area contributed by atoms with Crippen LogP contribution in [0.4, 0.5) is 5.88 Å². The number of benzene rings is 2. The molecular formula is C20H17N5O2. The van der Waals surface area contributed by atoms with E-state index in [2.05, 4.69) is 21.2 Å². The van der Waals surface area contributed by atoms with Crippen LogP contribution in [0.15, 0.2) is 51.4 Å². The maximum absolute atomic E-state index is 9.49. The van der Waals surface area contributed by atoms with Crippen LogP contribution in [0.2, 0.25) is 0 Å². The lowest BCUT2D eigenvalue weighted by atomic mass is 10.0. The fourth-order valence-electron chi connectivity index (χ4n) is 2.98. The number of likely N-dealkylation sites (N-methyl/N-ethyl adjacent to an activating group) is 1. The molecule has 2 heterocycles. The highest BCUT2D eigenvalue weighted by molar-refractivity contribution is 5.94. The summed E-state index contributed by atoms with van der Waals surface area (Å²) in [6, 6.07) is 16.1. The van der Waals surface area contributed by atoms with Crippen molar-refractivity contribution in [2.75, 3.05) is 18.5 Å². The average molecular weight is 359 g/mol. The average Bonchev–Trinajstić information content (AvgIpc) is 3.31. The van der Waals surface area contributed by atoms with Gasteiger partial charge >= 0.3 is 0 Å². The maximum atomic E-state index is 9.49. The first-order valence-electron chi connectivity index (χ1n) is 8.55. The molecule has 7 heteroatoms. The van der Waals surface area contributed by atoms with Gasteiger partial charge in [-0.05, 0) is 16.8 Å². The quantitative estimate of drug-likeness (QED) is 0.536. The monoisotopic (exact) mass is 359 g/mol. The minimum atomic E-state index is 0.254. The Labute approximate surface area is 155 Å². The number of aryl methyl sites for hydroxylation is 1. The van der Waals surface area contributed by atoms with Crippen molar-refractivity contribution in [1.29, 1.82) is 5.26 Å². The molecule has 0 amide bonds. The number of nitriles is 1. The number of hydrogen-bond donors (Lipinski definition) is 0. The molecule has 2 aromatic heterocycles. The van der Waals surface area contributed by atoms with Crippen LogP contribution in [0.3, 0.4) is 0 Å². The highest BCUT2D eigenvalue weighted by Crippen LogP contribution is 2.32. The number of anilines is 1. The Balaban J connectivity index is 1.65. The van der Waals surface area contributed by atoms with Crippen LogP contribution in [0.5, 0.6) is 0 Å². The molecule has 0 aliphatic carbocycles. The molecule has 27 heavy (non-hydrogen) atoms. The third-order valence-electron chi connectivity index (χ3n) is 4.32. The molecule has 0 aliphatic rings. The zero-order chi connectivity index (χ0) is 18.8. The summed E-state index contributed by atoms with van der Waals surface area (Å²) in [6.45, 7) is 2.32. The molecule has 0 radical (unpaired) electrons. The standard InChI is InChI=1S/C20H17N5O2/c1-13-22-18(24-27-13)10-11-25(2)20-17(12-21)23-19(26-20)16-9-5-7-14-6-3-4-8-15(14)16/h3-9H,10-11H2,1-2H3. The molecule has 4 aromatic rings. The third kappa shape index (κ3) is 3.25. The van der Waals surface area contributed by atoms with Crippen molar-refractivity contribution in [2.24, 2.45) is 0 Å². The maximum Gasteiger partial charge on any atom is 0.234 e. The van der Waals surface area contributed by atoms with Gasteiger partial charge in [0.25, 0.3) is 0 Å². The fourth-order valence-corrected chi connectivity index (χ4v) is 2.98. The smallest absolute Gasteiger partial charge is 0.234 e. The van der Waals surface area contributed by atoms with Gasteiger partial charge in [-0.1, -0.05) is 41.6 Å². The summed E-state index contributed by atoms with van der Waals surface area (Å²) in [5, 5.41) is 15.5. The zero-order valence-electron chi connectivity index (χ0n) is 15.0. The predicted octanol–water partition coefficient (Wildman–Crippen LogP) is 3.74. The van der Waals surface area contributed by atoms with Crippen molar-refractivity contribution >= 4 is 16.7 Å². The molecule has 0 bridgehead atoms. The van der Waals surface area contributed by atoms with Gasteiger partial charge in [-0.25, -0.2) is 0 Å². The normalized spacial score (nSPS) is 10.9. The second kappa shape index (κ2) is 6.92. The van der Waals surface area contributed by atoms with Crippen LogP contribution in [-0.2, 0) is 6.42 Å². The first-order chi connectivity index (χ1) is 13.2. The lowest BCUT2D eigenvalue weighted by Crippen LogP contribution is -2.21. The molecule has 0 unspecified atom stereocenters. The highest BCUT2D eigenvalue weighted by atomic mass is 16.5.